The largest absolute Gasteiger partial charge is 0.482 e. The molecule has 8 heteroatoms. The molecule has 4 rings (SSSR count). The molecule has 0 spiro atoms. The first-order valence-corrected chi connectivity index (χ1v) is 8.58. The van der Waals surface area contributed by atoms with Crippen LogP contribution in [0.25, 0.3) is 11.4 Å². The number of hydrogen-bond acceptors (Lipinski definition) is 4. The molecule has 1 aromatic heterocycles. The van der Waals surface area contributed by atoms with Gasteiger partial charge >= 0.3 is 0 Å². The molecule has 0 bridgehead atoms. The number of amides is 2. The van der Waals surface area contributed by atoms with Gasteiger partial charge in [-0.05, 0) is 37.3 Å². The molecule has 1 aliphatic heterocycles. The lowest BCUT2D eigenvalue weighted by Crippen LogP contribution is -2.25. The van der Waals surface area contributed by atoms with E-state index in [0.29, 0.717) is 33.7 Å². The molecule has 136 valence electrons. The summed E-state index contributed by atoms with van der Waals surface area (Å²) in [6.45, 7) is 1.76. The van der Waals surface area contributed by atoms with E-state index < -0.39 is 0 Å². The predicted molar refractivity (Wildman–Crippen MR) is 102 cm³/mol. The summed E-state index contributed by atoms with van der Waals surface area (Å²) in [6, 6.07) is 12.3. The van der Waals surface area contributed by atoms with Crippen LogP contribution in [-0.2, 0) is 4.79 Å². The molecule has 0 fully saturated rings. The zero-order chi connectivity index (χ0) is 19.0. The van der Waals surface area contributed by atoms with Crippen LogP contribution < -0.4 is 15.4 Å². The van der Waals surface area contributed by atoms with Gasteiger partial charge in [0.25, 0.3) is 11.8 Å². The normalized spacial score (nSPS) is 12.7. The number of aryl methyl sites for hydroxylation is 1. The maximum Gasteiger partial charge on any atom is 0.276 e. The number of benzene rings is 2. The van der Waals surface area contributed by atoms with E-state index in [-0.39, 0.29) is 24.1 Å². The lowest BCUT2D eigenvalue weighted by molar-refractivity contribution is -0.118. The number of rotatable bonds is 3. The Labute approximate surface area is 159 Å². The number of halogens is 1. The van der Waals surface area contributed by atoms with Gasteiger partial charge < -0.3 is 20.4 Å². The highest BCUT2D eigenvalue weighted by Crippen LogP contribution is 2.30. The van der Waals surface area contributed by atoms with Crippen LogP contribution in [0.4, 0.5) is 11.4 Å². The minimum absolute atomic E-state index is 0.0164. The summed E-state index contributed by atoms with van der Waals surface area (Å²) in [6.07, 6.45) is 0. The molecule has 0 radical (unpaired) electrons. The molecule has 3 aromatic rings. The highest BCUT2D eigenvalue weighted by atomic mass is 35.5. The summed E-state index contributed by atoms with van der Waals surface area (Å²) in [5.74, 6) is 0.526. The molecule has 27 heavy (non-hydrogen) atoms. The number of aromatic amines is 1. The maximum absolute atomic E-state index is 12.6. The Hall–Kier alpha value is -3.32. The van der Waals surface area contributed by atoms with E-state index in [1.165, 1.54) is 0 Å². The van der Waals surface area contributed by atoms with Crippen molar-refractivity contribution in [2.45, 2.75) is 6.92 Å². The summed E-state index contributed by atoms with van der Waals surface area (Å²) >= 11 is 6.02. The molecule has 0 unspecified atom stereocenters. The fraction of sp³-hybridized carbons (Fsp3) is 0.105. The van der Waals surface area contributed by atoms with Crippen LogP contribution in [0.15, 0.2) is 42.5 Å². The first kappa shape index (κ1) is 17.1. The third kappa shape index (κ3) is 3.50. The van der Waals surface area contributed by atoms with Crippen LogP contribution in [0.5, 0.6) is 5.75 Å². The van der Waals surface area contributed by atoms with Gasteiger partial charge in [0.15, 0.2) is 6.61 Å². The Morgan fingerprint density at radius 2 is 2.11 bits per heavy atom. The van der Waals surface area contributed by atoms with Crippen LogP contribution in [0.3, 0.4) is 0 Å². The van der Waals surface area contributed by atoms with Gasteiger partial charge in [0, 0.05) is 22.0 Å². The molecule has 2 amide bonds. The third-order valence-electron chi connectivity index (χ3n) is 4.07. The molecular weight excluding hydrogens is 368 g/mol. The predicted octanol–water partition coefficient (Wildman–Crippen LogP) is 3.62. The molecule has 2 aromatic carbocycles. The molecule has 0 atom stereocenters. The third-order valence-corrected chi connectivity index (χ3v) is 4.30. The number of nitrogens with zero attached hydrogens (tertiary/aromatic N) is 1. The second-order valence-corrected chi connectivity index (χ2v) is 6.51. The quantitative estimate of drug-likeness (QED) is 0.644. The van der Waals surface area contributed by atoms with Crippen molar-refractivity contribution in [3.05, 3.63) is 58.9 Å². The topological polar surface area (TPSA) is 96.1 Å². The molecule has 0 saturated heterocycles. The SMILES string of the molecule is Cc1[nH]c(-c2cccc(Cl)c2)nc1C(=O)Nc1ccc2c(c1)NC(=O)CO2. The number of nitrogens with one attached hydrogen (secondary N) is 3. The van der Waals surface area contributed by atoms with E-state index >= 15 is 0 Å². The average molecular weight is 383 g/mol. The molecular formula is C19H15ClN4O3. The van der Waals surface area contributed by atoms with Crippen molar-refractivity contribution in [2.24, 2.45) is 0 Å². The van der Waals surface area contributed by atoms with E-state index in [4.69, 9.17) is 16.3 Å². The van der Waals surface area contributed by atoms with Gasteiger partial charge in [-0.15, -0.1) is 0 Å². The second-order valence-electron chi connectivity index (χ2n) is 6.07. The van der Waals surface area contributed by atoms with Crippen molar-refractivity contribution in [2.75, 3.05) is 17.2 Å². The summed E-state index contributed by atoms with van der Waals surface area (Å²) in [7, 11) is 0. The van der Waals surface area contributed by atoms with Gasteiger partial charge in [0.2, 0.25) is 0 Å². The monoisotopic (exact) mass is 382 g/mol. The van der Waals surface area contributed by atoms with E-state index in [0.717, 1.165) is 5.56 Å². The number of hydrogen-bond donors (Lipinski definition) is 3. The highest BCUT2D eigenvalue weighted by Gasteiger charge is 2.19. The van der Waals surface area contributed by atoms with Crippen LogP contribution in [0, 0.1) is 6.92 Å². The number of fused-ring (bicyclic) bond motifs is 1. The summed E-state index contributed by atoms with van der Waals surface area (Å²) in [4.78, 5) is 31.6. The van der Waals surface area contributed by atoms with Crippen LogP contribution in [-0.4, -0.2) is 28.4 Å². The van der Waals surface area contributed by atoms with E-state index in [2.05, 4.69) is 20.6 Å². The van der Waals surface area contributed by atoms with Gasteiger partial charge in [-0.25, -0.2) is 4.98 Å². The van der Waals surface area contributed by atoms with Crippen LogP contribution in [0.1, 0.15) is 16.2 Å². The van der Waals surface area contributed by atoms with Gasteiger partial charge in [-0.2, -0.15) is 0 Å². The lowest BCUT2D eigenvalue weighted by atomic mass is 10.2. The standard InChI is InChI=1S/C19H15ClN4O3/c1-10-17(24-18(21-10)11-3-2-4-12(20)7-11)19(26)22-13-5-6-15-14(8-13)23-16(25)9-27-15/h2-8H,9H2,1H3,(H,21,24)(H,22,26)(H,23,25). The van der Waals surface area contributed by atoms with Gasteiger partial charge in [0.1, 0.15) is 17.3 Å². The van der Waals surface area contributed by atoms with E-state index in [1.54, 1.807) is 37.3 Å². The zero-order valence-corrected chi connectivity index (χ0v) is 15.1. The Kier molecular flexibility index (Phi) is 4.29. The van der Waals surface area contributed by atoms with Crippen molar-refractivity contribution < 1.29 is 14.3 Å². The number of anilines is 2. The Morgan fingerprint density at radius 3 is 2.93 bits per heavy atom. The molecule has 0 aliphatic carbocycles. The lowest BCUT2D eigenvalue weighted by Gasteiger charge is -2.18. The van der Waals surface area contributed by atoms with E-state index in [9.17, 15) is 9.59 Å². The van der Waals surface area contributed by atoms with Gasteiger partial charge in [-0.3, -0.25) is 9.59 Å². The fourth-order valence-corrected chi connectivity index (χ4v) is 3.00. The number of ether oxygens (including phenoxy) is 1. The molecule has 7 nitrogen and oxygen atoms in total. The van der Waals surface area contributed by atoms with E-state index in [1.807, 2.05) is 12.1 Å². The second kappa shape index (κ2) is 6.77. The Morgan fingerprint density at radius 1 is 1.26 bits per heavy atom. The Balaban J connectivity index is 1.57. The molecule has 1 aliphatic rings. The van der Waals surface area contributed by atoms with Gasteiger partial charge in [0.05, 0.1) is 5.69 Å². The summed E-state index contributed by atoms with van der Waals surface area (Å²) in [5.41, 5.74) is 2.75. The maximum atomic E-state index is 12.6. The highest BCUT2D eigenvalue weighted by molar-refractivity contribution is 6.30. The number of imidazole rings is 1. The number of H-pyrrole nitrogens is 1. The van der Waals surface area contributed by atoms with Crippen molar-refractivity contribution in [1.29, 1.82) is 0 Å². The number of carbonyl (C=O) groups excluding carboxylic acids is 2. The zero-order valence-electron chi connectivity index (χ0n) is 14.3. The van der Waals surface area contributed by atoms with Crippen molar-refractivity contribution in [3.63, 3.8) is 0 Å². The molecule has 3 N–H and O–H groups in total. The van der Waals surface area contributed by atoms with Crippen molar-refractivity contribution in [3.8, 4) is 17.1 Å². The minimum atomic E-state index is -0.361. The fourth-order valence-electron chi connectivity index (χ4n) is 2.81. The number of carbonyl (C=O) groups is 2. The molecule has 0 saturated carbocycles. The Bertz CT molecular complexity index is 1060. The summed E-state index contributed by atoms with van der Waals surface area (Å²) in [5, 5.41) is 6.08. The molecule has 2 heterocycles. The first-order valence-electron chi connectivity index (χ1n) is 8.20. The summed E-state index contributed by atoms with van der Waals surface area (Å²) < 4.78 is 5.31. The first-order chi connectivity index (χ1) is 13.0. The van der Waals surface area contributed by atoms with Crippen LogP contribution >= 0.6 is 11.6 Å². The average Bonchev–Trinajstić information content (AvgIpc) is 3.03. The van der Waals surface area contributed by atoms with Crippen LogP contribution in [0.2, 0.25) is 5.02 Å². The minimum Gasteiger partial charge on any atom is -0.482 e. The van der Waals surface area contributed by atoms with Crippen molar-refractivity contribution in [1.82, 2.24) is 9.97 Å². The van der Waals surface area contributed by atoms with Gasteiger partial charge in [-0.1, -0.05) is 23.7 Å². The number of aromatic nitrogens is 2. The smallest absolute Gasteiger partial charge is 0.276 e. The van der Waals surface area contributed by atoms with Crippen molar-refractivity contribution >= 4 is 34.8 Å².